The number of nitrogens with one attached hydrogen (secondary N) is 3. The van der Waals surface area contributed by atoms with Gasteiger partial charge in [0, 0.05) is 12.8 Å². The molecule has 0 amide bonds. The summed E-state index contributed by atoms with van der Waals surface area (Å²) in [5.41, 5.74) is 0.857. The molecular weight excluding hydrogens is 382 g/mol. The molecule has 0 bridgehead atoms. The normalized spacial score (nSPS) is 27.7. The van der Waals surface area contributed by atoms with Crippen LogP contribution >= 0.6 is 11.6 Å². The zero-order chi connectivity index (χ0) is 18.9. The van der Waals surface area contributed by atoms with Gasteiger partial charge in [-0.25, -0.2) is 4.98 Å². The number of halogens is 1. The Bertz CT molecular complexity index is 826. The molecule has 2 aromatic rings. The second-order valence-corrected chi connectivity index (χ2v) is 7.86. The van der Waals surface area contributed by atoms with Crippen molar-refractivity contribution in [3.05, 3.63) is 23.6 Å². The van der Waals surface area contributed by atoms with Gasteiger partial charge in [0.2, 0.25) is 5.95 Å². The predicted molar refractivity (Wildman–Crippen MR) is 105 cm³/mol. The maximum atomic E-state index is 6.31. The van der Waals surface area contributed by atoms with E-state index in [2.05, 4.69) is 31.0 Å². The Kier molecular flexibility index (Phi) is 5.06. The highest BCUT2D eigenvalue weighted by atomic mass is 35.5. The van der Waals surface area contributed by atoms with E-state index < -0.39 is 0 Å². The summed E-state index contributed by atoms with van der Waals surface area (Å²) in [4.78, 5) is 8.84. The highest BCUT2D eigenvalue weighted by Gasteiger charge is 2.42. The number of nitrogens with zero attached hydrogens (tertiary/aromatic N) is 4. The van der Waals surface area contributed by atoms with E-state index in [0.717, 1.165) is 44.6 Å². The van der Waals surface area contributed by atoms with Gasteiger partial charge in [0.1, 0.15) is 11.1 Å². The quantitative estimate of drug-likeness (QED) is 0.694. The maximum Gasteiger partial charge on any atom is 0.229 e. The van der Waals surface area contributed by atoms with Gasteiger partial charge in [0.05, 0.1) is 42.9 Å². The number of rotatable bonds is 5. The van der Waals surface area contributed by atoms with E-state index in [4.69, 9.17) is 21.1 Å². The molecule has 9 nitrogen and oxygen atoms in total. The van der Waals surface area contributed by atoms with Gasteiger partial charge in [-0.1, -0.05) is 11.6 Å². The average molecular weight is 406 g/mol. The van der Waals surface area contributed by atoms with Crippen LogP contribution in [0.1, 0.15) is 25.3 Å². The molecule has 150 valence electrons. The summed E-state index contributed by atoms with van der Waals surface area (Å²) in [7, 11) is 0. The number of hydrogen-bond acceptors (Lipinski definition) is 8. The lowest BCUT2D eigenvalue weighted by Gasteiger charge is -2.22. The van der Waals surface area contributed by atoms with Crippen molar-refractivity contribution in [3.63, 3.8) is 0 Å². The van der Waals surface area contributed by atoms with E-state index in [1.54, 1.807) is 12.4 Å². The van der Waals surface area contributed by atoms with Crippen molar-refractivity contribution < 1.29 is 9.47 Å². The molecule has 5 heterocycles. The van der Waals surface area contributed by atoms with Crippen LogP contribution in [0.25, 0.3) is 0 Å². The highest BCUT2D eigenvalue weighted by Crippen LogP contribution is 2.30. The third-order valence-electron chi connectivity index (χ3n) is 5.57. The van der Waals surface area contributed by atoms with Crippen molar-refractivity contribution in [1.29, 1.82) is 0 Å². The van der Waals surface area contributed by atoms with E-state index in [0.29, 0.717) is 29.4 Å². The molecule has 3 atom stereocenters. The number of ether oxygens (including phenoxy) is 2. The fourth-order valence-electron chi connectivity index (χ4n) is 4.10. The Balaban J connectivity index is 1.27. The fourth-order valence-corrected chi connectivity index (χ4v) is 4.24. The van der Waals surface area contributed by atoms with Gasteiger partial charge < -0.3 is 25.4 Å². The first-order valence-corrected chi connectivity index (χ1v) is 10.2. The lowest BCUT2D eigenvalue weighted by molar-refractivity contribution is 0.0718. The van der Waals surface area contributed by atoms with Crippen molar-refractivity contribution in [2.45, 2.75) is 43.6 Å². The van der Waals surface area contributed by atoms with Crippen molar-refractivity contribution >= 4 is 29.1 Å². The first-order chi connectivity index (χ1) is 13.8. The van der Waals surface area contributed by atoms with Crippen LogP contribution in [0.15, 0.2) is 18.6 Å². The van der Waals surface area contributed by atoms with Gasteiger partial charge in [0.15, 0.2) is 5.82 Å². The van der Waals surface area contributed by atoms with Crippen molar-refractivity contribution in [2.24, 2.45) is 0 Å². The van der Waals surface area contributed by atoms with Crippen LogP contribution < -0.4 is 16.0 Å². The van der Waals surface area contributed by atoms with Crippen molar-refractivity contribution in [3.8, 4) is 0 Å². The van der Waals surface area contributed by atoms with Gasteiger partial charge in [-0.05, 0) is 32.4 Å². The summed E-state index contributed by atoms with van der Waals surface area (Å²) in [6.45, 7) is 3.37. The van der Waals surface area contributed by atoms with Crippen LogP contribution in [0.2, 0.25) is 5.02 Å². The third kappa shape index (κ3) is 3.67. The molecule has 0 aromatic carbocycles. The minimum Gasteiger partial charge on any atom is -0.373 e. The van der Waals surface area contributed by atoms with Crippen LogP contribution in [0.3, 0.4) is 0 Å². The molecule has 2 aromatic heterocycles. The Morgan fingerprint density at radius 2 is 2.07 bits per heavy atom. The molecule has 3 aliphatic rings. The van der Waals surface area contributed by atoms with Gasteiger partial charge >= 0.3 is 0 Å². The monoisotopic (exact) mass is 405 g/mol. The smallest absolute Gasteiger partial charge is 0.229 e. The van der Waals surface area contributed by atoms with Crippen LogP contribution in [0, 0.1) is 0 Å². The first-order valence-electron chi connectivity index (χ1n) is 9.80. The topological polar surface area (TPSA) is 98.2 Å². The largest absolute Gasteiger partial charge is 0.373 e. The summed E-state index contributed by atoms with van der Waals surface area (Å²) < 4.78 is 13.6. The van der Waals surface area contributed by atoms with Crippen molar-refractivity contribution in [2.75, 3.05) is 36.9 Å². The SMILES string of the molecule is Clc1cnc(Nc2cnn(C3CCNCC3)c2)nc1NC1COC2CCOC12. The van der Waals surface area contributed by atoms with Crippen LogP contribution in [-0.4, -0.2) is 64.3 Å². The molecule has 0 aliphatic carbocycles. The zero-order valence-corrected chi connectivity index (χ0v) is 16.2. The van der Waals surface area contributed by atoms with Crippen LogP contribution in [-0.2, 0) is 9.47 Å². The Morgan fingerprint density at radius 3 is 2.96 bits per heavy atom. The van der Waals surface area contributed by atoms with Gasteiger partial charge in [-0.3, -0.25) is 4.68 Å². The molecule has 3 unspecified atom stereocenters. The van der Waals surface area contributed by atoms with Gasteiger partial charge in [0.25, 0.3) is 0 Å². The molecule has 0 spiro atoms. The van der Waals surface area contributed by atoms with Gasteiger partial charge in [-0.2, -0.15) is 10.1 Å². The lowest BCUT2D eigenvalue weighted by Crippen LogP contribution is -2.34. The molecule has 3 fully saturated rings. The highest BCUT2D eigenvalue weighted by molar-refractivity contribution is 6.32. The van der Waals surface area contributed by atoms with E-state index >= 15 is 0 Å². The molecule has 0 saturated carbocycles. The summed E-state index contributed by atoms with van der Waals surface area (Å²) in [5, 5.41) is 14.9. The molecule has 3 N–H and O–H groups in total. The minimum atomic E-state index is 0.0374. The Morgan fingerprint density at radius 1 is 1.18 bits per heavy atom. The third-order valence-corrected chi connectivity index (χ3v) is 5.85. The van der Waals surface area contributed by atoms with Gasteiger partial charge in [-0.15, -0.1) is 0 Å². The van der Waals surface area contributed by atoms with Crippen molar-refractivity contribution in [1.82, 2.24) is 25.1 Å². The zero-order valence-electron chi connectivity index (χ0n) is 15.5. The molecule has 3 saturated heterocycles. The lowest BCUT2D eigenvalue weighted by atomic mass is 10.1. The molecule has 28 heavy (non-hydrogen) atoms. The summed E-state index contributed by atoms with van der Waals surface area (Å²) in [5.74, 6) is 1.05. The number of fused-ring (bicyclic) bond motifs is 1. The predicted octanol–water partition coefficient (Wildman–Crippen LogP) is 1.96. The van der Waals surface area contributed by atoms with Crippen LogP contribution in [0.4, 0.5) is 17.5 Å². The molecule has 0 radical (unpaired) electrons. The van der Waals surface area contributed by atoms with E-state index in [1.165, 1.54) is 0 Å². The van der Waals surface area contributed by atoms with Crippen LogP contribution in [0.5, 0.6) is 0 Å². The summed E-state index contributed by atoms with van der Waals surface area (Å²) in [6.07, 6.45) is 8.72. The maximum absolute atomic E-state index is 6.31. The van der Waals surface area contributed by atoms with E-state index in [1.807, 2.05) is 10.9 Å². The number of anilines is 3. The first kappa shape index (κ1) is 18.1. The molecule has 10 heteroatoms. The second kappa shape index (κ2) is 7.82. The summed E-state index contributed by atoms with van der Waals surface area (Å²) in [6, 6.07) is 0.470. The fraction of sp³-hybridized carbons (Fsp3) is 0.611. The van der Waals surface area contributed by atoms with E-state index in [-0.39, 0.29) is 18.2 Å². The molecule has 5 rings (SSSR count). The Labute approximate surface area is 168 Å². The molecule has 3 aliphatic heterocycles. The second-order valence-electron chi connectivity index (χ2n) is 7.45. The minimum absolute atomic E-state index is 0.0374. The molecular formula is C18H24ClN7O2. The number of aromatic nitrogens is 4. The van der Waals surface area contributed by atoms with E-state index in [9.17, 15) is 0 Å². The number of hydrogen-bond donors (Lipinski definition) is 3. The number of piperidine rings is 1. The average Bonchev–Trinajstić information content (AvgIpc) is 3.44. The Hall–Kier alpha value is -1.94. The summed E-state index contributed by atoms with van der Waals surface area (Å²) >= 11 is 6.31. The standard InChI is InChI=1S/C18H24ClN7O2/c19-13-8-21-18(23-11-7-22-26(9-11)12-1-4-20-5-2-12)25-17(13)24-14-10-28-15-3-6-27-16(14)15/h7-9,12,14-16,20H,1-6,10H2,(H2,21,23,24,25).